The fourth-order valence-electron chi connectivity index (χ4n) is 1.61. The van der Waals surface area contributed by atoms with Gasteiger partial charge in [0.2, 0.25) is 5.91 Å². The first-order chi connectivity index (χ1) is 8.17. The number of nitriles is 1. The molecule has 0 radical (unpaired) electrons. The summed E-state index contributed by atoms with van der Waals surface area (Å²) in [6.45, 7) is 0.857. The molecular weight excluding hydrogens is 214 g/mol. The Morgan fingerprint density at radius 3 is 2.65 bits per heavy atom. The van der Waals surface area contributed by atoms with E-state index in [2.05, 4.69) is 11.4 Å². The molecule has 1 rings (SSSR count). The summed E-state index contributed by atoms with van der Waals surface area (Å²) < 4.78 is 0. The third-order valence-electron chi connectivity index (χ3n) is 2.54. The molecule has 0 bridgehead atoms. The maximum absolute atomic E-state index is 11.2. The van der Waals surface area contributed by atoms with Crippen LogP contribution in [0.4, 0.5) is 0 Å². The molecule has 4 nitrogen and oxygen atoms in total. The second-order valence-electron chi connectivity index (χ2n) is 3.96. The van der Waals surface area contributed by atoms with E-state index in [1.807, 2.05) is 42.3 Å². The summed E-state index contributed by atoms with van der Waals surface area (Å²) in [6.07, 6.45) is 0. The van der Waals surface area contributed by atoms with E-state index in [9.17, 15) is 4.79 Å². The monoisotopic (exact) mass is 231 g/mol. The van der Waals surface area contributed by atoms with Gasteiger partial charge in [-0.05, 0) is 12.6 Å². The Morgan fingerprint density at radius 1 is 1.47 bits per heavy atom. The van der Waals surface area contributed by atoms with Gasteiger partial charge in [0.25, 0.3) is 0 Å². The first-order valence-corrected chi connectivity index (χ1v) is 5.51. The van der Waals surface area contributed by atoms with Crippen molar-refractivity contribution < 1.29 is 4.79 Å². The molecule has 1 aromatic rings. The maximum Gasteiger partial charge on any atom is 0.233 e. The topological polar surface area (TPSA) is 56.1 Å². The van der Waals surface area contributed by atoms with Gasteiger partial charge in [0.05, 0.1) is 18.5 Å². The van der Waals surface area contributed by atoms with Crippen molar-refractivity contribution >= 4 is 5.91 Å². The molecule has 1 atom stereocenters. The molecule has 0 aliphatic rings. The standard InChI is InChI=1S/C13H17N3O/c1-15-13(17)10-16(2)9-12(8-14)11-6-4-3-5-7-11/h3-7,12H,9-10H2,1-2H3,(H,15,17). The fraction of sp³-hybridized carbons (Fsp3) is 0.385. The zero-order chi connectivity index (χ0) is 12.7. The van der Waals surface area contributed by atoms with Gasteiger partial charge in [-0.2, -0.15) is 5.26 Å². The molecule has 0 spiro atoms. The van der Waals surface area contributed by atoms with Crippen molar-refractivity contribution in [3.05, 3.63) is 35.9 Å². The highest BCUT2D eigenvalue weighted by Crippen LogP contribution is 2.15. The molecule has 90 valence electrons. The highest BCUT2D eigenvalue weighted by atomic mass is 16.1. The molecule has 0 aliphatic carbocycles. The van der Waals surface area contributed by atoms with Crippen molar-refractivity contribution in [1.29, 1.82) is 5.26 Å². The van der Waals surface area contributed by atoms with Gasteiger partial charge in [0, 0.05) is 13.6 Å². The smallest absolute Gasteiger partial charge is 0.233 e. The van der Waals surface area contributed by atoms with E-state index in [1.54, 1.807) is 7.05 Å². The lowest BCUT2D eigenvalue weighted by Gasteiger charge is -2.19. The van der Waals surface area contributed by atoms with E-state index < -0.39 is 0 Å². The number of carbonyl (C=O) groups excluding carboxylic acids is 1. The first-order valence-electron chi connectivity index (χ1n) is 5.51. The zero-order valence-electron chi connectivity index (χ0n) is 10.2. The van der Waals surface area contributed by atoms with Crippen molar-refractivity contribution in [3.8, 4) is 6.07 Å². The van der Waals surface area contributed by atoms with Gasteiger partial charge in [-0.3, -0.25) is 9.69 Å². The average molecular weight is 231 g/mol. The quantitative estimate of drug-likeness (QED) is 0.821. The van der Waals surface area contributed by atoms with E-state index in [0.29, 0.717) is 13.1 Å². The van der Waals surface area contributed by atoms with Crippen LogP contribution in [-0.4, -0.2) is 38.0 Å². The summed E-state index contributed by atoms with van der Waals surface area (Å²) >= 11 is 0. The van der Waals surface area contributed by atoms with Crippen LogP contribution < -0.4 is 5.32 Å². The van der Waals surface area contributed by atoms with Gasteiger partial charge < -0.3 is 5.32 Å². The number of benzene rings is 1. The Hall–Kier alpha value is -1.86. The minimum absolute atomic E-state index is 0.0442. The van der Waals surface area contributed by atoms with Crippen LogP contribution in [0, 0.1) is 11.3 Å². The average Bonchev–Trinajstić information content (AvgIpc) is 2.36. The Bertz CT molecular complexity index is 397. The van der Waals surface area contributed by atoms with Crippen LogP contribution in [0.2, 0.25) is 0 Å². The molecule has 1 unspecified atom stereocenters. The minimum atomic E-state index is -0.203. The molecule has 1 N–H and O–H groups in total. The van der Waals surface area contributed by atoms with E-state index in [4.69, 9.17) is 5.26 Å². The highest BCUT2D eigenvalue weighted by molar-refractivity contribution is 5.77. The Balaban J connectivity index is 2.60. The van der Waals surface area contributed by atoms with Crippen LogP contribution in [-0.2, 0) is 4.79 Å². The van der Waals surface area contributed by atoms with Crippen LogP contribution in [0.15, 0.2) is 30.3 Å². The number of carbonyl (C=O) groups is 1. The van der Waals surface area contributed by atoms with E-state index in [1.165, 1.54) is 0 Å². The molecule has 0 saturated heterocycles. The minimum Gasteiger partial charge on any atom is -0.358 e. The number of likely N-dealkylation sites (N-methyl/N-ethyl adjacent to an activating group) is 2. The van der Waals surface area contributed by atoms with Crippen molar-refractivity contribution in [3.63, 3.8) is 0 Å². The van der Waals surface area contributed by atoms with E-state index >= 15 is 0 Å². The highest BCUT2D eigenvalue weighted by Gasteiger charge is 2.14. The van der Waals surface area contributed by atoms with E-state index in [0.717, 1.165) is 5.56 Å². The molecule has 1 aromatic carbocycles. The molecular formula is C13H17N3O. The lowest BCUT2D eigenvalue weighted by atomic mass is 10.0. The molecule has 17 heavy (non-hydrogen) atoms. The van der Waals surface area contributed by atoms with Crippen LogP contribution in [0.3, 0.4) is 0 Å². The fourth-order valence-corrected chi connectivity index (χ4v) is 1.61. The number of hydrogen-bond donors (Lipinski definition) is 1. The van der Waals surface area contributed by atoms with Gasteiger partial charge in [-0.1, -0.05) is 30.3 Å². The van der Waals surface area contributed by atoms with Gasteiger partial charge in [-0.25, -0.2) is 0 Å². The van der Waals surface area contributed by atoms with Crippen molar-refractivity contribution in [2.45, 2.75) is 5.92 Å². The zero-order valence-corrected chi connectivity index (χ0v) is 10.2. The summed E-state index contributed by atoms with van der Waals surface area (Å²) in [5, 5.41) is 11.7. The lowest BCUT2D eigenvalue weighted by Crippen LogP contribution is -2.35. The molecule has 0 aliphatic heterocycles. The van der Waals surface area contributed by atoms with Gasteiger partial charge in [0.15, 0.2) is 0 Å². The predicted molar refractivity (Wildman–Crippen MR) is 66.4 cm³/mol. The van der Waals surface area contributed by atoms with Gasteiger partial charge in [0.1, 0.15) is 0 Å². The van der Waals surface area contributed by atoms with Crippen LogP contribution in [0.25, 0.3) is 0 Å². The Kier molecular flexibility index (Phi) is 5.18. The normalized spacial score (nSPS) is 11.9. The van der Waals surface area contributed by atoms with Crippen molar-refractivity contribution in [2.75, 3.05) is 27.2 Å². The second kappa shape index (κ2) is 6.66. The first kappa shape index (κ1) is 13.2. The van der Waals surface area contributed by atoms with Crippen LogP contribution in [0.1, 0.15) is 11.5 Å². The van der Waals surface area contributed by atoms with Crippen LogP contribution in [0.5, 0.6) is 0 Å². The summed E-state index contributed by atoms with van der Waals surface area (Å²) in [5.41, 5.74) is 0.985. The predicted octanol–water partition coefficient (Wildman–Crippen LogP) is 0.972. The van der Waals surface area contributed by atoms with Gasteiger partial charge in [-0.15, -0.1) is 0 Å². The van der Waals surface area contributed by atoms with Gasteiger partial charge >= 0.3 is 0 Å². The second-order valence-corrected chi connectivity index (χ2v) is 3.96. The molecule has 0 fully saturated rings. The third-order valence-corrected chi connectivity index (χ3v) is 2.54. The maximum atomic E-state index is 11.2. The lowest BCUT2D eigenvalue weighted by molar-refractivity contribution is -0.121. The summed E-state index contributed by atoms with van der Waals surface area (Å²) in [7, 11) is 3.44. The summed E-state index contributed by atoms with van der Waals surface area (Å²) in [5.74, 6) is -0.247. The Labute approximate surface area is 102 Å². The summed E-state index contributed by atoms with van der Waals surface area (Å²) in [6, 6.07) is 11.9. The van der Waals surface area contributed by atoms with Crippen LogP contribution >= 0.6 is 0 Å². The summed E-state index contributed by atoms with van der Waals surface area (Å²) in [4.78, 5) is 13.0. The van der Waals surface area contributed by atoms with E-state index in [-0.39, 0.29) is 11.8 Å². The number of nitrogens with one attached hydrogen (secondary N) is 1. The molecule has 0 saturated carbocycles. The third kappa shape index (κ3) is 4.25. The largest absolute Gasteiger partial charge is 0.358 e. The Morgan fingerprint density at radius 2 is 2.12 bits per heavy atom. The number of amides is 1. The van der Waals surface area contributed by atoms with Crippen molar-refractivity contribution in [2.24, 2.45) is 0 Å². The van der Waals surface area contributed by atoms with Crippen molar-refractivity contribution in [1.82, 2.24) is 10.2 Å². The number of hydrogen-bond acceptors (Lipinski definition) is 3. The number of nitrogens with zero attached hydrogens (tertiary/aromatic N) is 2. The molecule has 4 heteroatoms. The molecule has 0 heterocycles. The SMILES string of the molecule is CNC(=O)CN(C)CC(C#N)c1ccccc1. The molecule has 0 aromatic heterocycles. The molecule has 1 amide bonds. The number of rotatable bonds is 5.